The first-order valence-corrected chi connectivity index (χ1v) is 8.38. The van der Waals surface area contributed by atoms with E-state index < -0.39 is 0 Å². The molecule has 1 fully saturated rings. The Labute approximate surface area is 138 Å². The highest BCUT2D eigenvalue weighted by Gasteiger charge is 2.09. The molecule has 0 aliphatic carbocycles. The van der Waals surface area contributed by atoms with Gasteiger partial charge < -0.3 is 9.47 Å². The first-order chi connectivity index (χ1) is 11.3. The standard InChI is InChI=1S/C20H25NO2/c1-22-20-10-8-19(9-11-20)18-6-4-17(5-7-18)3-2-12-21-13-15-23-16-14-21/h4-11H,2-3,12-16H2,1H3. The number of hydrogen-bond acceptors (Lipinski definition) is 3. The van der Waals surface area contributed by atoms with Crippen molar-refractivity contribution in [2.75, 3.05) is 40.0 Å². The molecule has 1 aliphatic heterocycles. The normalized spacial score (nSPS) is 15.5. The van der Waals surface area contributed by atoms with Crippen LogP contribution in [0, 0.1) is 0 Å². The molecule has 0 bridgehead atoms. The fourth-order valence-electron chi connectivity index (χ4n) is 2.98. The van der Waals surface area contributed by atoms with Gasteiger partial charge in [-0.15, -0.1) is 0 Å². The van der Waals surface area contributed by atoms with Gasteiger partial charge in [0.1, 0.15) is 5.75 Å². The molecule has 122 valence electrons. The van der Waals surface area contributed by atoms with Crippen LogP contribution < -0.4 is 4.74 Å². The lowest BCUT2D eigenvalue weighted by Gasteiger charge is -2.26. The molecule has 0 unspecified atom stereocenters. The zero-order chi connectivity index (χ0) is 15.9. The molecule has 0 atom stereocenters. The summed E-state index contributed by atoms with van der Waals surface area (Å²) in [5.41, 5.74) is 3.89. The molecule has 1 aliphatic rings. The minimum atomic E-state index is 0.885. The van der Waals surface area contributed by atoms with Crippen LogP contribution in [0.3, 0.4) is 0 Å². The fraction of sp³-hybridized carbons (Fsp3) is 0.400. The molecule has 3 rings (SSSR count). The lowest BCUT2D eigenvalue weighted by atomic mass is 10.0. The Kier molecular flexibility index (Phi) is 5.67. The van der Waals surface area contributed by atoms with Crippen LogP contribution in [0.15, 0.2) is 48.5 Å². The van der Waals surface area contributed by atoms with Gasteiger partial charge in [0.15, 0.2) is 0 Å². The highest BCUT2D eigenvalue weighted by atomic mass is 16.5. The number of benzene rings is 2. The van der Waals surface area contributed by atoms with Crippen molar-refractivity contribution in [3.63, 3.8) is 0 Å². The molecular weight excluding hydrogens is 286 g/mol. The van der Waals surface area contributed by atoms with Crippen LogP contribution in [0.4, 0.5) is 0 Å². The molecule has 1 heterocycles. The molecule has 0 spiro atoms. The van der Waals surface area contributed by atoms with E-state index in [4.69, 9.17) is 9.47 Å². The molecule has 0 N–H and O–H groups in total. The minimum absolute atomic E-state index is 0.885. The molecule has 3 nitrogen and oxygen atoms in total. The molecule has 1 saturated heterocycles. The van der Waals surface area contributed by atoms with Crippen molar-refractivity contribution in [1.82, 2.24) is 4.90 Å². The Morgan fingerprint density at radius 2 is 1.52 bits per heavy atom. The van der Waals surface area contributed by atoms with Crippen LogP contribution in [-0.4, -0.2) is 44.9 Å². The highest BCUT2D eigenvalue weighted by Crippen LogP contribution is 2.23. The maximum atomic E-state index is 5.38. The predicted octanol–water partition coefficient (Wildman–Crippen LogP) is 3.63. The zero-order valence-corrected chi connectivity index (χ0v) is 13.8. The Balaban J connectivity index is 1.51. The minimum Gasteiger partial charge on any atom is -0.497 e. The van der Waals surface area contributed by atoms with Gasteiger partial charge in [-0.2, -0.15) is 0 Å². The van der Waals surface area contributed by atoms with Crippen molar-refractivity contribution in [3.8, 4) is 16.9 Å². The van der Waals surface area contributed by atoms with E-state index in [0.29, 0.717) is 0 Å². The summed E-state index contributed by atoms with van der Waals surface area (Å²) >= 11 is 0. The van der Waals surface area contributed by atoms with Gasteiger partial charge in [-0.05, 0) is 48.2 Å². The molecule has 0 aromatic heterocycles. The van der Waals surface area contributed by atoms with Gasteiger partial charge in [-0.25, -0.2) is 0 Å². The molecule has 2 aromatic carbocycles. The monoisotopic (exact) mass is 311 g/mol. The van der Waals surface area contributed by atoms with Crippen molar-refractivity contribution in [3.05, 3.63) is 54.1 Å². The van der Waals surface area contributed by atoms with Crippen molar-refractivity contribution >= 4 is 0 Å². The van der Waals surface area contributed by atoms with Gasteiger partial charge in [-0.3, -0.25) is 4.90 Å². The van der Waals surface area contributed by atoms with Crippen molar-refractivity contribution in [2.45, 2.75) is 12.8 Å². The number of methoxy groups -OCH3 is 1. The van der Waals surface area contributed by atoms with Crippen LogP contribution in [0.25, 0.3) is 11.1 Å². The van der Waals surface area contributed by atoms with Crippen LogP contribution in [0.5, 0.6) is 5.75 Å². The summed E-state index contributed by atoms with van der Waals surface area (Å²) in [6.07, 6.45) is 2.35. The average molecular weight is 311 g/mol. The summed E-state index contributed by atoms with van der Waals surface area (Å²) in [7, 11) is 1.70. The summed E-state index contributed by atoms with van der Waals surface area (Å²) in [5.74, 6) is 0.897. The molecule has 0 radical (unpaired) electrons. The predicted molar refractivity (Wildman–Crippen MR) is 94.0 cm³/mol. The Morgan fingerprint density at radius 1 is 0.913 bits per heavy atom. The number of rotatable bonds is 6. The smallest absolute Gasteiger partial charge is 0.118 e. The summed E-state index contributed by atoms with van der Waals surface area (Å²) in [6, 6.07) is 17.1. The molecular formula is C20H25NO2. The molecule has 3 heteroatoms. The van der Waals surface area contributed by atoms with E-state index >= 15 is 0 Å². The summed E-state index contributed by atoms with van der Waals surface area (Å²) in [5, 5.41) is 0. The van der Waals surface area contributed by atoms with Gasteiger partial charge in [-0.1, -0.05) is 36.4 Å². The third-order valence-electron chi connectivity index (χ3n) is 4.42. The largest absolute Gasteiger partial charge is 0.497 e. The number of hydrogen-bond donors (Lipinski definition) is 0. The SMILES string of the molecule is COc1ccc(-c2ccc(CCCN3CCOCC3)cc2)cc1. The first-order valence-electron chi connectivity index (χ1n) is 8.38. The first kappa shape index (κ1) is 16.0. The lowest BCUT2D eigenvalue weighted by Crippen LogP contribution is -2.36. The number of aryl methyl sites for hydroxylation is 1. The average Bonchev–Trinajstić information content (AvgIpc) is 2.63. The third-order valence-corrected chi connectivity index (χ3v) is 4.42. The van der Waals surface area contributed by atoms with Crippen molar-refractivity contribution < 1.29 is 9.47 Å². The second kappa shape index (κ2) is 8.14. The van der Waals surface area contributed by atoms with Crippen molar-refractivity contribution in [2.24, 2.45) is 0 Å². The Morgan fingerprint density at radius 3 is 2.13 bits per heavy atom. The highest BCUT2D eigenvalue weighted by molar-refractivity contribution is 5.64. The molecule has 23 heavy (non-hydrogen) atoms. The Bertz CT molecular complexity index is 586. The van der Waals surface area contributed by atoms with Crippen LogP contribution in [0.1, 0.15) is 12.0 Å². The second-order valence-electron chi connectivity index (χ2n) is 5.98. The van der Waals surface area contributed by atoms with E-state index in [1.54, 1.807) is 7.11 Å². The molecule has 0 amide bonds. The van der Waals surface area contributed by atoms with E-state index in [0.717, 1.165) is 38.5 Å². The summed E-state index contributed by atoms with van der Waals surface area (Å²) in [4.78, 5) is 2.50. The maximum absolute atomic E-state index is 5.38. The van der Waals surface area contributed by atoms with Crippen LogP contribution in [-0.2, 0) is 11.2 Å². The summed E-state index contributed by atoms with van der Waals surface area (Å²) < 4.78 is 10.6. The van der Waals surface area contributed by atoms with Crippen molar-refractivity contribution in [1.29, 1.82) is 0 Å². The van der Waals surface area contributed by atoms with Gasteiger partial charge in [0.2, 0.25) is 0 Å². The van der Waals surface area contributed by atoms with E-state index in [2.05, 4.69) is 41.3 Å². The zero-order valence-electron chi connectivity index (χ0n) is 13.8. The fourth-order valence-corrected chi connectivity index (χ4v) is 2.98. The van der Waals surface area contributed by atoms with E-state index in [9.17, 15) is 0 Å². The van der Waals surface area contributed by atoms with Gasteiger partial charge in [0.25, 0.3) is 0 Å². The van der Waals surface area contributed by atoms with E-state index in [1.807, 2.05) is 12.1 Å². The van der Waals surface area contributed by atoms with Crippen LogP contribution in [0.2, 0.25) is 0 Å². The van der Waals surface area contributed by atoms with E-state index in [1.165, 1.54) is 29.7 Å². The van der Waals surface area contributed by atoms with Gasteiger partial charge >= 0.3 is 0 Å². The van der Waals surface area contributed by atoms with Crippen LogP contribution >= 0.6 is 0 Å². The number of morpholine rings is 1. The third kappa shape index (κ3) is 4.57. The van der Waals surface area contributed by atoms with Gasteiger partial charge in [0.05, 0.1) is 20.3 Å². The Hall–Kier alpha value is -1.84. The topological polar surface area (TPSA) is 21.7 Å². The maximum Gasteiger partial charge on any atom is 0.118 e. The summed E-state index contributed by atoms with van der Waals surface area (Å²) in [6.45, 7) is 5.10. The van der Waals surface area contributed by atoms with E-state index in [-0.39, 0.29) is 0 Å². The number of ether oxygens (including phenoxy) is 2. The second-order valence-corrected chi connectivity index (χ2v) is 5.98. The quantitative estimate of drug-likeness (QED) is 0.813. The van der Waals surface area contributed by atoms with Gasteiger partial charge in [0, 0.05) is 13.1 Å². The lowest BCUT2D eigenvalue weighted by molar-refractivity contribution is 0.0375. The molecule has 0 saturated carbocycles. The number of nitrogens with zero attached hydrogens (tertiary/aromatic N) is 1. The molecule has 2 aromatic rings.